The monoisotopic (exact) mass is 867 g/mol. The largest absolute Gasteiger partial charge is 3.00 e. The molecule has 260 valence electrons. The molecular formula is C46H36IrN5O. The molecule has 9 rings (SSSR count). The van der Waals surface area contributed by atoms with Crippen LogP contribution in [0.15, 0.2) is 157 Å². The Bertz CT molecular complexity index is 2520. The summed E-state index contributed by atoms with van der Waals surface area (Å²) >= 11 is 0. The maximum Gasteiger partial charge on any atom is 3.00 e. The van der Waals surface area contributed by atoms with Gasteiger partial charge in [-0.25, -0.2) is 0 Å². The van der Waals surface area contributed by atoms with Crippen molar-refractivity contribution in [2.75, 3.05) is 0 Å². The molecule has 0 fully saturated rings. The Kier molecular flexibility index (Phi) is 11.2. The van der Waals surface area contributed by atoms with Gasteiger partial charge in [0.15, 0.2) is 0 Å². The van der Waals surface area contributed by atoms with Crippen molar-refractivity contribution in [1.29, 1.82) is 0 Å². The second kappa shape index (κ2) is 16.6. The van der Waals surface area contributed by atoms with E-state index in [1.54, 1.807) is 12.4 Å². The fraction of sp³-hybridized carbons (Fsp3) is 0.109. The predicted molar refractivity (Wildman–Crippen MR) is 207 cm³/mol. The molecule has 7 heteroatoms. The van der Waals surface area contributed by atoms with Crippen molar-refractivity contribution in [3.63, 3.8) is 0 Å². The molecule has 4 heterocycles. The Morgan fingerprint density at radius 3 is 2.17 bits per heavy atom. The molecule has 0 aliphatic carbocycles. The number of hydrogen-bond acceptors (Lipinski definition) is 4. The van der Waals surface area contributed by atoms with Crippen LogP contribution in [0.4, 0.5) is 0 Å². The van der Waals surface area contributed by atoms with Crippen LogP contribution in [0.1, 0.15) is 22.3 Å². The molecule has 4 aromatic heterocycles. The topological polar surface area (TPSA) is 61.7 Å². The second-order valence-electron chi connectivity index (χ2n) is 12.7. The van der Waals surface area contributed by atoms with Crippen molar-refractivity contribution in [2.24, 2.45) is 7.05 Å². The smallest absolute Gasteiger partial charge is 0.501 e. The second-order valence-corrected chi connectivity index (χ2v) is 12.7. The Morgan fingerprint density at radius 1 is 0.642 bits per heavy atom. The third-order valence-corrected chi connectivity index (χ3v) is 9.20. The molecule has 53 heavy (non-hydrogen) atoms. The molecule has 0 saturated heterocycles. The van der Waals surface area contributed by atoms with Crippen LogP contribution in [0.2, 0.25) is 0 Å². The first kappa shape index (κ1) is 35.5. The summed E-state index contributed by atoms with van der Waals surface area (Å²) in [6.07, 6.45) is 13.4. The van der Waals surface area contributed by atoms with E-state index in [1.165, 1.54) is 22.3 Å². The molecule has 0 atom stereocenters. The minimum Gasteiger partial charge on any atom is -0.501 e. The number of hydrogen-bond donors (Lipinski definition) is 0. The van der Waals surface area contributed by atoms with Gasteiger partial charge in [-0.15, -0.1) is 60.2 Å². The SMILES string of the molecule is Cn1ccnc1-c1[c-]ccc2c1oc1ccccc12.[Ir+3].[c-]1ccccc1-c1ccc(CCc2cccc(CCc3c[c-]c(-n4cccn4)cc3)c2)cn1. The quantitative estimate of drug-likeness (QED) is 0.136. The third-order valence-electron chi connectivity index (χ3n) is 9.20. The molecule has 9 aromatic rings. The van der Waals surface area contributed by atoms with Crippen molar-refractivity contribution < 1.29 is 24.5 Å². The average molecular weight is 867 g/mol. The van der Waals surface area contributed by atoms with Crippen LogP contribution in [0.25, 0.3) is 50.3 Å². The van der Waals surface area contributed by atoms with E-state index in [0.29, 0.717) is 0 Å². The van der Waals surface area contributed by atoms with Crippen molar-refractivity contribution in [1.82, 2.24) is 24.3 Å². The summed E-state index contributed by atoms with van der Waals surface area (Å²) in [7, 11) is 1.97. The zero-order chi connectivity index (χ0) is 35.1. The van der Waals surface area contributed by atoms with E-state index in [1.807, 2.05) is 95.6 Å². The van der Waals surface area contributed by atoms with Crippen LogP contribution in [0.5, 0.6) is 0 Å². The molecule has 5 aromatic carbocycles. The van der Waals surface area contributed by atoms with Crippen molar-refractivity contribution in [3.05, 3.63) is 193 Å². The molecule has 0 unspecified atom stereocenters. The number of imidazole rings is 1. The summed E-state index contributed by atoms with van der Waals surface area (Å²) in [5.74, 6) is 0.865. The van der Waals surface area contributed by atoms with Gasteiger partial charge < -0.3 is 14.0 Å². The molecule has 0 N–H and O–H groups in total. The normalized spacial score (nSPS) is 10.9. The summed E-state index contributed by atoms with van der Waals surface area (Å²) in [6.45, 7) is 0. The summed E-state index contributed by atoms with van der Waals surface area (Å²) in [5.41, 5.74) is 10.9. The minimum absolute atomic E-state index is 0. The number of para-hydroxylation sites is 1. The Balaban J connectivity index is 0.000000184. The zero-order valence-electron chi connectivity index (χ0n) is 29.2. The molecular weight excluding hydrogens is 831 g/mol. The Hall–Kier alpha value is -5.88. The number of furan rings is 1. The number of rotatable bonds is 9. The van der Waals surface area contributed by atoms with Gasteiger partial charge in [-0.3, -0.25) is 9.67 Å². The van der Waals surface area contributed by atoms with Crippen molar-refractivity contribution >= 4 is 21.9 Å². The number of aromatic nitrogens is 5. The third kappa shape index (κ3) is 8.28. The van der Waals surface area contributed by atoms with Gasteiger partial charge in [0.25, 0.3) is 0 Å². The first-order valence-corrected chi connectivity index (χ1v) is 17.5. The van der Waals surface area contributed by atoms with Crippen LogP contribution < -0.4 is 0 Å². The fourth-order valence-corrected chi connectivity index (χ4v) is 6.42. The summed E-state index contributed by atoms with van der Waals surface area (Å²) in [4.78, 5) is 9.00. The molecule has 0 saturated carbocycles. The summed E-state index contributed by atoms with van der Waals surface area (Å²) < 4.78 is 9.78. The van der Waals surface area contributed by atoms with Crippen LogP contribution in [-0.2, 0) is 52.8 Å². The number of pyridine rings is 1. The summed E-state index contributed by atoms with van der Waals surface area (Å²) in [6, 6.07) is 51.2. The van der Waals surface area contributed by atoms with E-state index < -0.39 is 0 Å². The molecule has 0 amide bonds. The van der Waals surface area contributed by atoms with Crippen LogP contribution >= 0.6 is 0 Å². The Morgan fingerprint density at radius 2 is 1.45 bits per heavy atom. The van der Waals surface area contributed by atoms with Gasteiger partial charge in [-0.1, -0.05) is 72.0 Å². The van der Waals surface area contributed by atoms with E-state index >= 15 is 0 Å². The maximum absolute atomic E-state index is 5.98. The number of aryl methyl sites for hydroxylation is 5. The zero-order valence-corrected chi connectivity index (χ0v) is 31.6. The molecule has 0 bridgehead atoms. The van der Waals surface area contributed by atoms with E-state index in [-0.39, 0.29) is 20.1 Å². The van der Waals surface area contributed by atoms with Crippen LogP contribution in [0, 0.1) is 18.2 Å². The van der Waals surface area contributed by atoms with Gasteiger partial charge in [0.05, 0.1) is 11.4 Å². The van der Waals surface area contributed by atoms with Crippen LogP contribution in [-0.4, -0.2) is 24.3 Å². The van der Waals surface area contributed by atoms with Gasteiger partial charge in [-0.05, 0) is 59.5 Å². The van der Waals surface area contributed by atoms with E-state index in [4.69, 9.17) is 4.42 Å². The van der Waals surface area contributed by atoms with Gasteiger partial charge in [0.1, 0.15) is 5.58 Å². The van der Waals surface area contributed by atoms with E-state index in [9.17, 15) is 0 Å². The van der Waals surface area contributed by atoms with Crippen molar-refractivity contribution in [2.45, 2.75) is 25.7 Å². The standard InChI is InChI=1S/C30H25N3.C16H11N2O.Ir/c1-2-8-28(9-3-1)30-19-16-27(23-31-30)13-12-26-7-4-6-25(22-26)11-10-24-14-17-29(18-15-24)33-21-5-20-32-33;1-18-10-9-17-16(18)13-7-4-6-12-11-5-2-3-8-14(11)19-15(12)13;/h1-8,14-17,19-23H,10-13H2;2-6,8-10H,1H3;/q-2;-1;+3. The van der Waals surface area contributed by atoms with Crippen LogP contribution in [0.3, 0.4) is 0 Å². The van der Waals surface area contributed by atoms with Gasteiger partial charge in [0.2, 0.25) is 0 Å². The summed E-state index contributed by atoms with van der Waals surface area (Å²) in [5, 5.41) is 6.49. The first-order valence-electron chi connectivity index (χ1n) is 17.5. The average Bonchev–Trinajstić information content (AvgIpc) is 3.98. The van der Waals surface area contributed by atoms with Gasteiger partial charge in [-0.2, -0.15) is 28.9 Å². The molecule has 6 nitrogen and oxygen atoms in total. The molecule has 0 aliphatic heterocycles. The minimum atomic E-state index is 0. The van der Waals surface area contributed by atoms with Gasteiger partial charge in [0, 0.05) is 43.4 Å². The number of benzene rings is 5. The predicted octanol–water partition coefficient (Wildman–Crippen LogP) is 9.89. The Labute approximate surface area is 323 Å². The van der Waals surface area contributed by atoms with Gasteiger partial charge >= 0.3 is 20.1 Å². The van der Waals surface area contributed by atoms with E-state index in [2.05, 4.69) is 93.9 Å². The molecule has 0 aliphatic rings. The van der Waals surface area contributed by atoms with Crippen molar-refractivity contribution in [3.8, 4) is 28.3 Å². The first-order chi connectivity index (χ1) is 25.7. The number of nitrogens with zero attached hydrogens (tertiary/aromatic N) is 5. The molecule has 0 radical (unpaired) electrons. The number of fused-ring (bicyclic) bond motifs is 3. The maximum atomic E-state index is 5.98. The fourth-order valence-electron chi connectivity index (χ4n) is 6.42. The van der Waals surface area contributed by atoms with E-state index in [0.717, 1.165) is 76.0 Å². The molecule has 0 spiro atoms.